The van der Waals surface area contributed by atoms with Gasteiger partial charge in [-0.05, 0) is 55.7 Å². The molecule has 2 N–H and O–H groups in total. The summed E-state index contributed by atoms with van der Waals surface area (Å²) in [4.78, 5) is 24.8. The Balaban J connectivity index is 1.45. The van der Waals surface area contributed by atoms with Crippen LogP contribution in [0.25, 0.3) is 0 Å². The van der Waals surface area contributed by atoms with Crippen molar-refractivity contribution in [1.29, 1.82) is 0 Å². The number of rotatable bonds is 4. The zero-order chi connectivity index (χ0) is 17.4. The fraction of sp³-hybridized carbons (Fsp3) is 0.600. The molecule has 134 valence electrons. The third-order valence-corrected chi connectivity index (χ3v) is 6.63. The smallest absolute Gasteiger partial charge is 0.226 e. The maximum absolute atomic E-state index is 12.8. The predicted octanol–water partition coefficient (Wildman–Crippen LogP) is 3.60. The summed E-state index contributed by atoms with van der Waals surface area (Å²) in [5, 5.41) is 6.91. The number of carbonyl (C=O) groups is 2. The van der Waals surface area contributed by atoms with E-state index >= 15 is 0 Å². The zero-order valence-corrected chi connectivity index (χ0v) is 15.1. The molecule has 2 aliphatic carbocycles. The van der Waals surface area contributed by atoms with E-state index in [1.165, 1.54) is 12.8 Å². The second kappa shape index (κ2) is 6.64. The Morgan fingerprint density at radius 2 is 2.04 bits per heavy atom. The van der Waals surface area contributed by atoms with Crippen molar-refractivity contribution in [3.63, 3.8) is 0 Å². The molecule has 1 aromatic rings. The highest BCUT2D eigenvalue weighted by molar-refractivity contribution is 6.30. The molecule has 0 radical (unpaired) electrons. The van der Waals surface area contributed by atoms with E-state index in [4.69, 9.17) is 11.6 Å². The Morgan fingerprint density at radius 1 is 1.28 bits per heavy atom. The molecule has 1 aromatic carbocycles. The SMILES string of the molecule is O=C(N[C@H](c1cccc(Cl)c1)C1CCCC1)C1CC2(CCNC2=O)C1. The van der Waals surface area contributed by atoms with E-state index in [0.29, 0.717) is 23.8 Å². The second-order valence-corrected chi connectivity index (χ2v) is 8.41. The van der Waals surface area contributed by atoms with Crippen molar-refractivity contribution in [2.24, 2.45) is 17.3 Å². The van der Waals surface area contributed by atoms with Crippen LogP contribution in [0.1, 0.15) is 56.6 Å². The third-order valence-electron chi connectivity index (χ3n) is 6.39. The first-order valence-electron chi connectivity index (χ1n) is 9.42. The lowest BCUT2D eigenvalue weighted by Crippen LogP contribution is -2.50. The van der Waals surface area contributed by atoms with Crippen LogP contribution in [-0.2, 0) is 9.59 Å². The summed E-state index contributed by atoms with van der Waals surface area (Å²) in [5.74, 6) is 0.680. The van der Waals surface area contributed by atoms with Gasteiger partial charge in [0.1, 0.15) is 0 Å². The minimum absolute atomic E-state index is 0.0302. The van der Waals surface area contributed by atoms with Gasteiger partial charge >= 0.3 is 0 Å². The van der Waals surface area contributed by atoms with E-state index < -0.39 is 0 Å². The normalized spacial score (nSPS) is 30.1. The molecule has 0 aromatic heterocycles. The molecule has 25 heavy (non-hydrogen) atoms. The molecule has 1 heterocycles. The van der Waals surface area contributed by atoms with Crippen molar-refractivity contribution in [3.8, 4) is 0 Å². The summed E-state index contributed by atoms with van der Waals surface area (Å²) < 4.78 is 0. The number of hydrogen-bond acceptors (Lipinski definition) is 2. The Labute approximate surface area is 153 Å². The van der Waals surface area contributed by atoms with Gasteiger partial charge in [0.15, 0.2) is 0 Å². The molecule has 4 nitrogen and oxygen atoms in total. The fourth-order valence-electron chi connectivity index (χ4n) is 4.91. The predicted molar refractivity (Wildman–Crippen MR) is 97.1 cm³/mol. The van der Waals surface area contributed by atoms with Crippen LogP contribution in [0.15, 0.2) is 24.3 Å². The van der Waals surface area contributed by atoms with Crippen molar-refractivity contribution < 1.29 is 9.59 Å². The minimum atomic E-state index is -0.263. The van der Waals surface area contributed by atoms with Crippen molar-refractivity contribution in [1.82, 2.24) is 10.6 Å². The van der Waals surface area contributed by atoms with Crippen LogP contribution in [0.2, 0.25) is 5.02 Å². The molecule has 3 aliphatic rings. The van der Waals surface area contributed by atoms with Gasteiger partial charge in [-0.1, -0.05) is 36.6 Å². The number of nitrogens with one attached hydrogen (secondary N) is 2. The van der Waals surface area contributed by atoms with Crippen LogP contribution in [-0.4, -0.2) is 18.4 Å². The van der Waals surface area contributed by atoms with Crippen molar-refractivity contribution in [2.45, 2.75) is 51.0 Å². The highest BCUT2D eigenvalue weighted by atomic mass is 35.5. The lowest BCUT2D eigenvalue weighted by molar-refractivity contribution is -0.142. The maximum atomic E-state index is 12.8. The molecule has 0 bridgehead atoms. The number of carbonyl (C=O) groups excluding carboxylic acids is 2. The van der Waals surface area contributed by atoms with E-state index in [9.17, 15) is 9.59 Å². The van der Waals surface area contributed by atoms with Gasteiger partial charge < -0.3 is 10.6 Å². The molecular weight excluding hydrogens is 336 g/mol. The van der Waals surface area contributed by atoms with Crippen molar-refractivity contribution in [2.75, 3.05) is 6.54 Å². The highest BCUT2D eigenvalue weighted by Gasteiger charge is 2.54. The first-order valence-corrected chi connectivity index (χ1v) is 9.79. The van der Waals surface area contributed by atoms with Gasteiger partial charge in [0.2, 0.25) is 11.8 Å². The first kappa shape index (κ1) is 16.9. The van der Waals surface area contributed by atoms with Gasteiger partial charge in [-0.2, -0.15) is 0 Å². The molecule has 4 rings (SSSR count). The molecule has 1 aliphatic heterocycles. The zero-order valence-electron chi connectivity index (χ0n) is 14.4. The molecule has 1 saturated heterocycles. The average molecular weight is 361 g/mol. The highest BCUT2D eigenvalue weighted by Crippen LogP contribution is 2.50. The Morgan fingerprint density at radius 3 is 2.68 bits per heavy atom. The third kappa shape index (κ3) is 3.17. The van der Waals surface area contributed by atoms with Gasteiger partial charge in [-0.15, -0.1) is 0 Å². The largest absolute Gasteiger partial charge is 0.356 e. The van der Waals surface area contributed by atoms with E-state index in [1.807, 2.05) is 18.2 Å². The van der Waals surface area contributed by atoms with Crippen molar-refractivity contribution >= 4 is 23.4 Å². The molecule has 1 spiro atoms. The summed E-state index contributed by atoms with van der Waals surface area (Å²) in [6, 6.07) is 7.88. The van der Waals surface area contributed by atoms with Crippen LogP contribution in [0.4, 0.5) is 0 Å². The topological polar surface area (TPSA) is 58.2 Å². The number of benzene rings is 1. The van der Waals surface area contributed by atoms with Gasteiger partial charge in [0.05, 0.1) is 11.5 Å². The lowest BCUT2D eigenvalue weighted by atomic mass is 9.60. The quantitative estimate of drug-likeness (QED) is 0.861. The van der Waals surface area contributed by atoms with Crippen LogP contribution < -0.4 is 10.6 Å². The van der Waals surface area contributed by atoms with Gasteiger partial charge in [0, 0.05) is 17.5 Å². The summed E-state index contributed by atoms with van der Waals surface area (Å²) in [6.45, 7) is 0.750. The average Bonchev–Trinajstić information content (AvgIpc) is 3.20. The summed E-state index contributed by atoms with van der Waals surface area (Å²) in [5.41, 5.74) is 0.835. The van der Waals surface area contributed by atoms with E-state index in [2.05, 4.69) is 16.7 Å². The van der Waals surface area contributed by atoms with E-state index in [0.717, 1.165) is 31.4 Å². The minimum Gasteiger partial charge on any atom is -0.356 e. The van der Waals surface area contributed by atoms with E-state index in [1.54, 1.807) is 0 Å². The monoisotopic (exact) mass is 360 g/mol. The summed E-state index contributed by atoms with van der Waals surface area (Å²) in [7, 11) is 0. The van der Waals surface area contributed by atoms with Crippen LogP contribution in [0.3, 0.4) is 0 Å². The standard InChI is InChI=1S/C20H25ClN2O2/c21-16-7-3-6-14(10-16)17(13-4-1-2-5-13)23-18(24)15-11-20(12-15)8-9-22-19(20)25/h3,6-7,10,13,15,17H,1-2,4-5,8-9,11-12H2,(H,22,25)(H,23,24)/t15?,17-,20?/m0/s1. The Hall–Kier alpha value is -1.55. The van der Waals surface area contributed by atoms with Crippen molar-refractivity contribution in [3.05, 3.63) is 34.9 Å². The Kier molecular flexibility index (Phi) is 4.48. The molecule has 5 heteroatoms. The summed E-state index contributed by atoms with van der Waals surface area (Å²) >= 11 is 6.17. The number of amides is 2. The molecular formula is C20H25ClN2O2. The van der Waals surface area contributed by atoms with Gasteiger partial charge in [0.25, 0.3) is 0 Å². The number of hydrogen-bond donors (Lipinski definition) is 2. The molecule has 2 amide bonds. The fourth-order valence-corrected chi connectivity index (χ4v) is 5.11. The van der Waals surface area contributed by atoms with Gasteiger partial charge in [-0.3, -0.25) is 9.59 Å². The van der Waals surface area contributed by atoms with E-state index in [-0.39, 0.29) is 29.2 Å². The molecule has 0 unspecified atom stereocenters. The molecule has 2 saturated carbocycles. The van der Waals surface area contributed by atoms with Crippen LogP contribution >= 0.6 is 11.6 Å². The maximum Gasteiger partial charge on any atom is 0.226 e. The lowest BCUT2D eigenvalue weighted by Gasteiger charge is -2.42. The first-order chi connectivity index (χ1) is 12.1. The second-order valence-electron chi connectivity index (χ2n) is 7.98. The molecule has 3 fully saturated rings. The Bertz CT molecular complexity index is 678. The van der Waals surface area contributed by atoms with Crippen LogP contribution in [0.5, 0.6) is 0 Å². The van der Waals surface area contributed by atoms with Gasteiger partial charge in [-0.25, -0.2) is 0 Å². The number of halogens is 1. The molecule has 1 atom stereocenters. The van der Waals surface area contributed by atoms with Crippen LogP contribution in [0, 0.1) is 17.3 Å². The summed E-state index contributed by atoms with van der Waals surface area (Å²) in [6.07, 6.45) is 7.00.